The first-order valence-electron chi connectivity index (χ1n) is 8.09. The van der Waals surface area contributed by atoms with E-state index in [4.69, 9.17) is 0 Å². The first kappa shape index (κ1) is 16.8. The Morgan fingerprint density at radius 3 is 2.96 bits per heavy atom. The zero-order chi connectivity index (χ0) is 17.6. The number of nitrogens with one attached hydrogen (secondary N) is 1. The Kier molecular flexibility index (Phi) is 5.18. The number of amides is 1. The molecular formula is C19H19FN4O. The summed E-state index contributed by atoms with van der Waals surface area (Å²) in [7, 11) is 1.75. The minimum Gasteiger partial charge on any atom is -0.342 e. The number of hydrogen-bond acceptors (Lipinski definition) is 3. The fraction of sp³-hybridized carbons (Fsp3) is 0.211. The number of aryl methyl sites for hydroxylation is 1. The van der Waals surface area contributed by atoms with Gasteiger partial charge in [-0.05, 0) is 36.3 Å². The molecule has 1 amide bonds. The van der Waals surface area contributed by atoms with Crippen LogP contribution in [0.15, 0.2) is 48.8 Å². The van der Waals surface area contributed by atoms with Crippen LogP contribution in [-0.4, -0.2) is 39.4 Å². The van der Waals surface area contributed by atoms with Gasteiger partial charge < -0.3 is 9.88 Å². The molecule has 128 valence electrons. The minimum absolute atomic E-state index is 0.131. The molecule has 1 N–H and O–H groups in total. The second kappa shape index (κ2) is 7.70. The summed E-state index contributed by atoms with van der Waals surface area (Å²) >= 11 is 0. The lowest BCUT2D eigenvalue weighted by Gasteiger charge is -2.14. The van der Waals surface area contributed by atoms with E-state index in [0.717, 1.165) is 35.9 Å². The van der Waals surface area contributed by atoms with Crippen molar-refractivity contribution in [2.75, 3.05) is 13.6 Å². The van der Waals surface area contributed by atoms with E-state index in [1.165, 1.54) is 18.3 Å². The van der Waals surface area contributed by atoms with Crippen LogP contribution in [0.2, 0.25) is 0 Å². The number of imidazole rings is 1. The fourth-order valence-corrected chi connectivity index (χ4v) is 2.53. The summed E-state index contributed by atoms with van der Waals surface area (Å²) in [4.78, 5) is 25.3. The average molecular weight is 338 g/mol. The Bertz CT molecular complexity index is 870. The maximum atomic E-state index is 13.1. The third kappa shape index (κ3) is 4.50. The molecule has 0 bridgehead atoms. The van der Waals surface area contributed by atoms with Crippen LogP contribution in [0.3, 0.4) is 0 Å². The molecule has 0 atom stereocenters. The number of rotatable bonds is 6. The lowest BCUT2D eigenvalue weighted by atomic mass is 10.2. The molecule has 6 heteroatoms. The van der Waals surface area contributed by atoms with E-state index >= 15 is 0 Å². The molecule has 0 saturated carbocycles. The predicted octanol–water partition coefficient (Wildman–Crippen LogP) is 3.20. The van der Waals surface area contributed by atoms with Gasteiger partial charge in [-0.15, -0.1) is 0 Å². The number of nitrogens with zero attached hydrogens (tertiary/aromatic N) is 3. The first-order valence-corrected chi connectivity index (χ1v) is 8.09. The lowest BCUT2D eigenvalue weighted by Crippen LogP contribution is -2.26. The van der Waals surface area contributed by atoms with E-state index in [2.05, 4.69) is 15.0 Å². The summed E-state index contributed by atoms with van der Waals surface area (Å²) in [6.45, 7) is 0.613. The molecule has 0 radical (unpaired) electrons. The molecule has 0 unspecified atom stereocenters. The number of benzene rings is 1. The third-order valence-electron chi connectivity index (χ3n) is 3.87. The first-order chi connectivity index (χ1) is 12.1. The summed E-state index contributed by atoms with van der Waals surface area (Å²) in [6, 6.07) is 9.22. The Morgan fingerprint density at radius 2 is 2.16 bits per heavy atom. The second-order valence-electron chi connectivity index (χ2n) is 5.83. The second-order valence-corrected chi connectivity index (χ2v) is 5.83. The molecule has 0 aliphatic carbocycles. The summed E-state index contributed by atoms with van der Waals surface area (Å²) < 4.78 is 13.1. The number of carbonyl (C=O) groups is 1. The Balaban J connectivity index is 1.49. The van der Waals surface area contributed by atoms with Gasteiger partial charge in [-0.3, -0.25) is 9.78 Å². The Labute approximate surface area is 145 Å². The van der Waals surface area contributed by atoms with Gasteiger partial charge in [0.1, 0.15) is 11.6 Å². The van der Waals surface area contributed by atoms with Gasteiger partial charge in [0.15, 0.2) is 0 Å². The molecule has 2 aromatic heterocycles. The van der Waals surface area contributed by atoms with Crippen LogP contribution >= 0.6 is 0 Å². The fourth-order valence-electron chi connectivity index (χ4n) is 2.53. The lowest BCUT2D eigenvalue weighted by molar-refractivity contribution is -0.124. The van der Waals surface area contributed by atoms with Crippen LogP contribution in [0.1, 0.15) is 17.8 Å². The maximum Gasteiger partial charge on any atom is 0.246 e. The molecule has 0 aliphatic rings. The quantitative estimate of drug-likeness (QED) is 0.702. The standard InChI is InChI=1S/C19H19FN4O/c1-24(19(25)9-8-14-11-15(20)13-21-12-14)10-4-7-18-22-16-5-2-3-6-17(16)23-18/h2-3,5-6,8-9,11-13H,4,7,10H2,1H3,(H,22,23). The number of hydrogen-bond donors (Lipinski definition) is 1. The topological polar surface area (TPSA) is 61.9 Å². The molecule has 0 fully saturated rings. The Morgan fingerprint density at radius 1 is 1.32 bits per heavy atom. The number of aromatic amines is 1. The predicted molar refractivity (Wildman–Crippen MR) is 95.3 cm³/mol. The van der Waals surface area contributed by atoms with Crippen molar-refractivity contribution in [1.29, 1.82) is 0 Å². The summed E-state index contributed by atoms with van der Waals surface area (Å²) in [5.74, 6) is 0.367. The van der Waals surface area contributed by atoms with E-state index in [0.29, 0.717) is 12.1 Å². The Hall–Kier alpha value is -3.02. The SMILES string of the molecule is CN(CCCc1nc2ccccc2[nH]1)C(=O)C=Cc1cncc(F)c1. The van der Waals surface area contributed by atoms with Crippen LogP contribution in [0.4, 0.5) is 4.39 Å². The molecule has 0 spiro atoms. The molecule has 3 aromatic rings. The molecule has 25 heavy (non-hydrogen) atoms. The van der Waals surface area contributed by atoms with Crippen molar-refractivity contribution in [3.05, 3.63) is 66.0 Å². The smallest absolute Gasteiger partial charge is 0.246 e. The zero-order valence-electron chi connectivity index (χ0n) is 13.9. The monoisotopic (exact) mass is 338 g/mol. The highest BCUT2D eigenvalue weighted by atomic mass is 19.1. The van der Waals surface area contributed by atoms with Crippen molar-refractivity contribution in [2.24, 2.45) is 0 Å². The van der Waals surface area contributed by atoms with Crippen LogP contribution < -0.4 is 0 Å². The van der Waals surface area contributed by atoms with Crippen LogP contribution in [0.25, 0.3) is 17.1 Å². The maximum absolute atomic E-state index is 13.1. The number of H-pyrrole nitrogens is 1. The van der Waals surface area contributed by atoms with Crippen molar-refractivity contribution >= 4 is 23.0 Å². The van der Waals surface area contributed by atoms with Crippen molar-refractivity contribution in [2.45, 2.75) is 12.8 Å². The van der Waals surface area contributed by atoms with Gasteiger partial charge in [-0.25, -0.2) is 9.37 Å². The molecule has 3 rings (SSSR count). The van der Waals surface area contributed by atoms with Crippen molar-refractivity contribution in [1.82, 2.24) is 19.9 Å². The number of likely N-dealkylation sites (N-methyl/N-ethyl adjacent to an activating group) is 1. The molecule has 2 heterocycles. The average Bonchev–Trinajstić information content (AvgIpc) is 3.02. The molecule has 0 saturated heterocycles. The highest BCUT2D eigenvalue weighted by molar-refractivity contribution is 5.91. The molecular weight excluding hydrogens is 319 g/mol. The molecule has 5 nitrogen and oxygen atoms in total. The van der Waals surface area contributed by atoms with E-state index in [1.54, 1.807) is 18.0 Å². The van der Waals surface area contributed by atoms with Gasteiger partial charge in [0.05, 0.1) is 17.2 Å². The van der Waals surface area contributed by atoms with E-state index < -0.39 is 5.82 Å². The van der Waals surface area contributed by atoms with Gasteiger partial charge >= 0.3 is 0 Å². The largest absolute Gasteiger partial charge is 0.342 e. The van der Waals surface area contributed by atoms with Gasteiger partial charge in [0, 0.05) is 32.3 Å². The molecule has 0 aliphatic heterocycles. The summed E-state index contributed by atoms with van der Waals surface area (Å²) in [6.07, 6.45) is 7.20. The van der Waals surface area contributed by atoms with Crippen molar-refractivity contribution in [3.8, 4) is 0 Å². The highest BCUT2D eigenvalue weighted by Crippen LogP contribution is 2.11. The summed E-state index contributed by atoms with van der Waals surface area (Å²) in [5.41, 5.74) is 2.53. The van der Waals surface area contributed by atoms with Gasteiger partial charge in [-0.1, -0.05) is 12.1 Å². The van der Waals surface area contributed by atoms with Crippen LogP contribution in [0, 0.1) is 5.82 Å². The normalized spacial score (nSPS) is 11.3. The van der Waals surface area contributed by atoms with E-state index in [1.807, 2.05) is 24.3 Å². The number of halogens is 1. The van der Waals surface area contributed by atoms with Gasteiger partial charge in [0.2, 0.25) is 5.91 Å². The highest BCUT2D eigenvalue weighted by Gasteiger charge is 2.06. The minimum atomic E-state index is -0.422. The van der Waals surface area contributed by atoms with Crippen molar-refractivity contribution in [3.63, 3.8) is 0 Å². The number of aromatic nitrogens is 3. The van der Waals surface area contributed by atoms with E-state index in [-0.39, 0.29) is 5.91 Å². The number of para-hydroxylation sites is 2. The van der Waals surface area contributed by atoms with E-state index in [9.17, 15) is 9.18 Å². The van der Waals surface area contributed by atoms with Crippen LogP contribution in [-0.2, 0) is 11.2 Å². The van der Waals surface area contributed by atoms with Crippen LogP contribution in [0.5, 0.6) is 0 Å². The summed E-state index contributed by atoms with van der Waals surface area (Å²) in [5, 5.41) is 0. The number of pyridine rings is 1. The number of carbonyl (C=O) groups excluding carboxylic acids is 1. The molecule has 1 aromatic carbocycles. The third-order valence-corrected chi connectivity index (χ3v) is 3.87. The van der Waals surface area contributed by atoms with Crippen molar-refractivity contribution < 1.29 is 9.18 Å². The van der Waals surface area contributed by atoms with Gasteiger partial charge in [0.25, 0.3) is 0 Å². The van der Waals surface area contributed by atoms with Gasteiger partial charge in [-0.2, -0.15) is 0 Å². The number of fused-ring (bicyclic) bond motifs is 1. The zero-order valence-corrected chi connectivity index (χ0v) is 13.9.